The highest BCUT2D eigenvalue weighted by Crippen LogP contribution is 2.55. The fourth-order valence-electron chi connectivity index (χ4n) is 1.41. The van der Waals surface area contributed by atoms with Crippen LogP contribution in [-0.4, -0.2) is 5.66 Å². The molecule has 1 rings (SSSR count). The molecule has 0 spiro atoms. The summed E-state index contributed by atoms with van der Waals surface area (Å²) in [6.07, 6.45) is 1.17. The molecule has 0 radical (unpaired) electrons. The average Bonchev–Trinajstić information content (AvgIpc) is 2.69. The molecular formula is C10H20N2. The van der Waals surface area contributed by atoms with Gasteiger partial charge in [-0.25, -0.2) is 0 Å². The van der Waals surface area contributed by atoms with Crippen LogP contribution < -0.4 is 0 Å². The van der Waals surface area contributed by atoms with E-state index in [0.29, 0.717) is 5.41 Å². The molecular weight excluding hydrogens is 148 g/mol. The molecule has 0 atom stereocenters. The van der Waals surface area contributed by atoms with E-state index in [-0.39, 0.29) is 11.1 Å². The monoisotopic (exact) mass is 168 g/mol. The normalized spacial score (nSPS) is 21.2. The van der Waals surface area contributed by atoms with Gasteiger partial charge in [0.1, 0.15) is 0 Å². The van der Waals surface area contributed by atoms with Crippen molar-refractivity contribution in [2.24, 2.45) is 21.1 Å². The molecule has 2 heteroatoms. The summed E-state index contributed by atoms with van der Waals surface area (Å²) in [6, 6.07) is 0. The van der Waals surface area contributed by atoms with Crippen molar-refractivity contribution in [1.29, 1.82) is 0 Å². The lowest BCUT2D eigenvalue weighted by Crippen LogP contribution is -2.43. The fourth-order valence-corrected chi connectivity index (χ4v) is 1.41. The van der Waals surface area contributed by atoms with Gasteiger partial charge in [-0.2, -0.15) is 10.2 Å². The molecule has 0 aromatic carbocycles. The largest absolute Gasteiger partial charge is 0.193 e. The van der Waals surface area contributed by atoms with Crippen LogP contribution in [0.3, 0.4) is 0 Å². The maximum Gasteiger partial charge on any atom is 0.193 e. The Hall–Kier alpha value is -0.400. The fraction of sp³-hybridized carbons (Fsp3) is 1.00. The molecule has 1 aliphatic rings. The second-order valence-corrected chi connectivity index (χ2v) is 5.08. The van der Waals surface area contributed by atoms with Gasteiger partial charge in [0.25, 0.3) is 0 Å². The first-order chi connectivity index (χ1) is 5.27. The minimum atomic E-state index is -0.119. The molecule has 12 heavy (non-hydrogen) atoms. The zero-order valence-electron chi connectivity index (χ0n) is 9.10. The summed E-state index contributed by atoms with van der Waals surface area (Å²) >= 11 is 0. The van der Waals surface area contributed by atoms with E-state index in [1.54, 1.807) is 0 Å². The van der Waals surface area contributed by atoms with E-state index in [9.17, 15) is 0 Å². The molecule has 0 unspecified atom stereocenters. The summed E-state index contributed by atoms with van der Waals surface area (Å²) < 4.78 is 0. The Morgan fingerprint density at radius 2 is 1.50 bits per heavy atom. The Labute approximate surface area is 75.5 Å². The standard InChI is InChI=1S/C10H20N2/c1-7-8(2,3)9(4,5)10(6)11-12-10/h7H2,1-6H3. The van der Waals surface area contributed by atoms with E-state index in [1.807, 2.05) is 0 Å². The maximum absolute atomic E-state index is 4.15. The number of nitrogens with zero attached hydrogens (tertiary/aromatic N) is 2. The van der Waals surface area contributed by atoms with Crippen molar-refractivity contribution < 1.29 is 0 Å². The van der Waals surface area contributed by atoms with Crippen molar-refractivity contribution in [3.8, 4) is 0 Å². The highest BCUT2D eigenvalue weighted by atomic mass is 15.4. The van der Waals surface area contributed by atoms with Gasteiger partial charge in [0.15, 0.2) is 5.66 Å². The molecule has 0 saturated carbocycles. The third-order valence-electron chi connectivity index (χ3n) is 4.16. The third kappa shape index (κ3) is 1.08. The molecule has 0 bridgehead atoms. The lowest BCUT2D eigenvalue weighted by molar-refractivity contribution is 0.0592. The lowest BCUT2D eigenvalue weighted by Gasteiger charge is -2.43. The van der Waals surface area contributed by atoms with Gasteiger partial charge >= 0.3 is 0 Å². The van der Waals surface area contributed by atoms with Gasteiger partial charge in [-0.15, -0.1) is 0 Å². The molecule has 1 heterocycles. The second-order valence-electron chi connectivity index (χ2n) is 5.08. The minimum absolute atomic E-state index is 0.119. The molecule has 0 aromatic heterocycles. The topological polar surface area (TPSA) is 24.7 Å². The smallest absolute Gasteiger partial charge is 0.159 e. The quantitative estimate of drug-likeness (QED) is 0.614. The maximum atomic E-state index is 4.15. The van der Waals surface area contributed by atoms with Crippen molar-refractivity contribution in [2.75, 3.05) is 0 Å². The van der Waals surface area contributed by atoms with Gasteiger partial charge in [-0.3, -0.25) is 0 Å². The van der Waals surface area contributed by atoms with Crippen LogP contribution in [0.2, 0.25) is 0 Å². The summed E-state index contributed by atoms with van der Waals surface area (Å²) in [5.74, 6) is 0. The van der Waals surface area contributed by atoms with Crippen molar-refractivity contribution in [3.05, 3.63) is 0 Å². The van der Waals surface area contributed by atoms with E-state index in [4.69, 9.17) is 0 Å². The molecule has 2 nitrogen and oxygen atoms in total. The molecule has 0 fully saturated rings. The first-order valence-electron chi connectivity index (χ1n) is 4.71. The van der Waals surface area contributed by atoms with Crippen LogP contribution in [0.1, 0.15) is 48.0 Å². The van der Waals surface area contributed by atoms with Crippen molar-refractivity contribution >= 4 is 0 Å². The Kier molecular flexibility index (Phi) is 1.86. The van der Waals surface area contributed by atoms with Crippen LogP contribution in [0.25, 0.3) is 0 Å². The highest BCUT2D eigenvalue weighted by Gasteiger charge is 2.56. The first kappa shape index (κ1) is 9.69. The zero-order valence-corrected chi connectivity index (χ0v) is 9.10. The van der Waals surface area contributed by atoms with E-state index in [0.717, 1.165) is 0 Å². The molecule has 0 N–H and O–H groups in total. The van der Waals surface area contributed by atoms with Gasteiger partial charge in [-0.1, -0.05) is 41.0 Å². The van der Waals surface area contributed by atoms with E-state index in [2.05, 4.69) is 51.8 Å². The molecule has 0 saturated heterocycles. The number of hydrogen-bond donors (Lipinski definition) is 0. The molecule has 0 amide bonds. The summed E-state index contributed by atoms with van der Waals surface area (Å²) in [4.78, 5) is 0. The number of rotatable bonds is 3. The highest BCUT2D eigenvalue weighted by molar-refractivity contribution is 5.06. The summed E-state index contributed by atoms with van der Waals surface area (Å²) in [7, 11) is 0. The van der Waals surface area contributed by atoms with Gasteiger partial charge < -0.3 is 0 Å². The Morgan fingerprint density at radius 3 is 1.75 bits per heavy atom. The Balaban J connectivity index is 2.84. The number of hydrogen-bond acceptors (Lipinski definition) is 2. The van der Waals surface area contributed by atoms with Crippen LogP contribution in [0.4, 0.5) is 0 Å². The van der Waals surface area contributed by atoms with Crippen LogP contribution in [0, 0.1) is 10.8 Å². The second kappa shape index (κ2) is 2.30. The van der Waals surface area contributed by atoms with E-state index in [1.165, 1.54) is 6.42 Å². The van der Waals surface area contributed by atoms with Crippen LogP contribution >= 0.6 is 0 Å². The first-order valence-corrected chi connectivity index (χ1v) is 4.71. The van der Waals surface area contributed by atoms with Crippen molar-refractivity contribution in [1.82, 2.24) is 0 Å². The average molecular weight is 168 g/mol. The SMILES string of the molecule is CCC(C)(C)C(C)(C)C1(C)N=N1. The summed E-state index contributed by atoms with van der Waals surface area (Å²) in [6.45, 7) is 13.5. The Morgan fingerprint density at radius 1 is 1.08 bits per heavy atom. The third-order valence-corrected chi connectivity index (χ3v) is 4.16. The molecule has 0 aromatic rings. The van der Waals surface area contributed by atoms with Crippen LogP contribution in [-0.2, 0) is 0 Å². The van der Waals surface area contributed by atoms with Gasteiger partial charge in [0.05, 0.1) is 0 Å². The van der Waals surface area contributed by atoms with Gasteiger partial charge in [-0.05, 0) is 12.3 Å². The molecule has 0 aliphatic carbocycles. The molecule has 70 valence electrons. The predicted molar refractivity (Wildman–Crippen MR) is 51.1 cm³/mol. The van der Waals surface area contributed by atoms with E-state index < -0.39 is 0 Å². The van der Waals surface area contributed by atoms with Crippen LogP contribution in [0.15, 0.2) is 10.2 Å². The summed E-state index contributed by atoms with van der Waals surface area (Å²) in [5.41, 5.74) is 0.340. The summed E-state index contributed by atoms with van der Waals surface area (Å²) in [5, 5.41) is 8.29. The molecule has 1 aliphatic heterocycles. The Bertz CT molecular complexity index is 208. The minimum Gasteiger partial charge on any atom is -0.159 e. The zero-order chi connectivity index (χ0) is 9.62. The van der Waals surface area contributed by atoms with Gasteiger partial charge in [0, 0.05) is 5.41 Å². The van der Waals surface area contributed by atoms with Crippen molar-refractivity contribution in [3.63, 3.8) is 0 Å². The van der Waals surface area contributed by atoms with Crippen molar-refractivity contribution in [2.45, 2.75) is 53.6 Å². The predicted octanol–water partition coefficient (Wildman–Crippen LogP) is 3.63. The van der Waals surface area contributed by atoms with E-state index >= 15 is 0 Å². The lowest BCUT2D eigenvalue weighted by atomic mass is 9.61. The van der Waals surface area contributed by atoms with Gasteiger partial charge in [0.2, 0.25) is 0 Å². The van der Waals surface area contributed by atoms with Crippen LogP contribution in [0.5, 0.6) is 0 Å².